The van der Waals surface area contributed by atoms with Crippen LogP contribution in [0, 0.1) is 0 Å². The standard InChI is InChI=1S/C14H17N3OS/c1-10(11-5-7-19-9-11)16-12-4-6-15-13(8-12)14(18)17(2)3/h4-10H,1-3H3,(H,15,16). The molecule has 0 aliphatic rings. The Hall–Kier alpha value is -1.88. The van der Waals surface area contributed by atoms with Gasteiger partial charge in [-0.3, -0.25) is 9.78 Å². The first-order valence-electron chi connectivity index (χ1n) is 6.04. The first kappa shape index (κ1) is 13.5. The molecule has 0 radical (unpaired) electrons. The second kappa shape index (κ2) is 5.84. The van der Waals surface area contributed by atoms with Crippen molar-refractivity contribution in [3.8, 4) is 0 Å². The summed E-state index contributed by atoms with van der Waals surface area (Å²) in [7, 11) is 3.44. The van der Waals surface area contributed by atoms with Crippen molar-refractivity contribution in [2.24, 2.45) is 0 Å². The summed E-state index contributed by atoms with van der Waals surface area (Å²) in [5, 5.41) is 7.55. The molecule has 1 amide bonds. The Balaban J connectivity index is 2.13. The highest BCUT2D eigenvalue weighted by atomic mass is 32.1. The molecule has 2 aromatic rings. The van der Waals surface area contributed by atoms with Crippen molar-refractivity contribution in [1.29, 1.82) is 0 Å². The first-order chi connectivity index (χ1) is 9.08. The molecule has 1 atom stereocenters. The van der Waals surface area contributed by atoms with Crippen LogP contribution in [0.2, 0.25) is 0 Å². The average molecular weight is 275 g/mol. The summed E-state index contributed by atoms with van der Waals surface area (Å²) in [5.74, 6) is -0.0909. The van der Waals surface area contributed by atoms with Crippen molar-refractivity contribution in [3.63, 3.8) is 0 Å². The lowest BCUT2D eigenvalue weighted by Crippen LogP contribution is -2.22. The molecule has 0 aliphatic heterocycles. The minimum absolute atomic E-state index is 0.0909. The third-order valence-electron chi connectivity index (χ3n) is 2.81. The monoisotopic (exact) mass is 275 g/mol. The Morgan fingerprint density at radius 2 is 2.21 bits per heavy atom. The topological polar surface area (TPSA) is 45.2 Å². The van der Waals surface area contributed by atoms with Gasteiger partial charge < -0.3 is 10.2 Å². The van der Waals surface area contributed by atoms with E-state index in [4.69, 9.17) is 0 Å². The third-order valence-corrected chi connectivity index (χ3v) is 3.51. The number of hydrogen-bond donors (Lipinski definition) is 1. The van der Waals surface area contributed by atoms with Crippen molar-refractivity contribution in [2.45, 2.75) is 13.0 Å². The number of carbonyl (C=O) groups excluding carboxylic acids is 1. The summed E-state index contributed by atoms with van der Waals surface area (Å²) in [5.41, 5.74) is 2.59. The van der Waals surface area contributed by atoms with Gasteiger partial charge in [0.25, 0.3) is 5.91 Å². The molecule has 100 valence electrons. The molecule has 1 N–H and O–H groups in total. The Morgan fingerprint density at radius 3 is 2.84 bits per heavy atom. The van der Waals surface area contributed by atoms with E-state index in [1.54, 1.807) is 37.7 Å². The van der Waals surface area contributed by atoms with Crippen molar-refractivity contribution in [3.05, 3.63) is 46.4 Å². The second-order valence-corrected chi connectivity index (χ2v) is 5.33. The van der Waals surface area contributed by atoms with E-state index in [0.717, 1.165) is 5.69 Å². The van der Waals surface area contributed by atoms with E-state index in [1.807, 2.05) is 6.07 Å². The smallest absolute Gasteiger partial charge is 0.272 e. The van der Waals surface area contributed by atoms with Gasteiger partial charge in [-0.2, -0.15) is 11.3 Å². The number of anilines is 1. The summed E-state index contributed by atoms with van der Waals surface area (Å²) in [6.07, 6.45) is 1.65. The molecule has 2 heterocycles. The predicted molar refractivity (Wildman–Crippen MR) is 78.6 cm³/mol. The molecule has 2 rings (SSSR count). The lowest BCUT2D eigenvalue weighted by atomic mass is 10.1. The molecule has 1 unspecified atom stereocenters. The SMILES string of the molecule is CC(Nc1ccnc(C(=O)N(C)C)c1)c1ccsc1. The van der Waals surface area contributed by atoms with Crippen LogP contribution < -0.4 is 5.32 Å². The molecule has 0 spiro atoms. The Morgan fingerprint density at radius 1 is 1.42 bits per heavy atom. The van der Waals surface area contributed by atoms with E-state index in [9.17, 15) is 4.79 Å². The van der Waals surface area contributed by atoms with Gasteiger partial charge in [-0.1, -0.05) is 0 Å². The molecule has 0 aliphatic carbocycles. The Bertz CT molecular complexity index is 552. The number of pyridine rings is 1. The highest BCUT2D eigenvalue weighted by Crippen LogP contribution is 2.21. The lowest BCUT2D eigenvalue weighted by molar-refractivity contribution is 0.0822. The number of thiophene rings is 1. The fraction of sp³-hybridized carbons (Fsp3) is 0.286. The molecular formula is C14H17N3OS. The first-order valence-corrected chi connectivity index (χ1v) is 6.98. The number of aromatic nitrogens is 1. The number of carbonyl (C=O) groups is 1. The molecular weight excluding hydrogens is 258 g/mol. The van der Waals surface area contributed by atoms with E-state index >= 15 is 0 Å². The van der Waals surface area contributed by atoms with Crippen LogP contribution in [-0.4, -0.2) is 29.9 Å². The van der Waals surface area contributed by atoms with Gasteiger partial charge in [0.1, 0.15) is 5.69 Å². The van der Waals surface area contributed by atoms with Gasteiger partial charge in [-0.05, 0) is 41.4 Å². The molecule has 0 aromatic carbocycles. The molecule has 0 saturated carbocycles. The van der Waals surface area contributed by atoms with Gasteiger partial charge in [-0.25, -0.2) is 0 Å². The number of amides is 1. The highest BCUT2D eigenvalue weighted by molar-refractivity contribution is 7.07. The normalized spacial score (nSPS) is 11.9. The van der Waals surface area contributed by atoms with Crippen LogP contribution in [0.15, 0.2) is 35.2 Å². The summed E-state index contributed by atoms with van der Waals surface area (Å²) in [6.45, 7) is 2.09. The number of rotatable bonds is 4. The van der Waals surface area contributed by atoms with Crippen molar-refractivity contribution in [2.75, 3.05) is 19.4 Å². The largest absolute Gasteiger partial charge is 0.378 e. The zero-order chi connectivity index (χ0) is 13.8. The summed E-state index contributed by atoms with van der Waals surface area (Å²) in [6, 6.07) is 5.95. The Kier molecular flexibility index (Phi) is 4.16. The zero-order valence-corrected chi connectivity index (χ0v) is 12.1. The van der Waals surface area contributed by atoms with Crippen LogP contribution in [0.4, 0.5) is 5.69 Å². The number of nitrogens with zero attached hydrogens (tertiary/aromatic N) is 2. The number of hydrogen-bond acceptors (Lipinski definition) is 4. The van der Waals surface area contributed by atoms with E-state index in [1.165, 1.54) is 10.5 Å². The van der Waals surface area contributed by atoms with Gasteiger partial charge in [0.2, 0.25) is 0 Å². The van der Waals surface area contributed by atoms with Crippen molar-refractivity contribution >= 4 is 22.9 Å². The van der Waals surface area contributed by atoms with E-state index in [0.29, 0.717) is 5.69 Å². The maximum absolute atomic E-state index is 11.8. The van der Waals surface area contributed by atoms with Crippen LogP contribution in [-0.2, 0) is 0 Å². The number of nitrogens with one attached hydrogen (secondary N) is 1. The molecule has 2 aromatic heterocycles. The fourth-order valence-electron chi connectivity index (χ4n) is 1.72. The van der Waals surface area contributed by atoms with Crippen molar-refractivity contribution in [1.82, 2.24) is 9.88 Å². The minimum atomic E-state index is -0.0909. The average Bonchev–Trinajstić information content (AvgIpc) is 2.92. The van der Waals surface area contributed by atoms with Crippen LogP contribution in [0.3, 0.4) is 0 Å². The van der Waals surface area contributed by atoms with E-state index in [-0.39, 0.29) is 11.9 Å². The maximum Gasteiger partial charge on any atom is 0.272 e. The minimum Gasteiger partial charge on any atom is -0.378 e. The summed E-state index contributed by atoms with van der Waals surface area (Å²) in [4.78, 5) is 17.5. The third kappa shape index (κ3) is 3.32. The van der Waals surface area contributed by atoms with Gasteiger partial charge in [0.05, 0.1) is 0 Å². The molecule has 4 nitrogen and oxygen atoms in total. The van der Waals surface area contributed by atoms with Gasteiger partial charge in [0.15, 0.2) is 0 Å². The molecule has 5 heteroatoms. The lowest BCUT2D eigenvalue weighted by Gasteiger charge is -2.15. The van der Waals surface area contributed by atoms with Crippen LogP contribution in [0.1, 0.15) is 29.0 Å². The van der Waals surface area contributed by atoms with E-state index in [2.05, 4.69) is 34.1 Å². The van der Waals surface area contributed by atoms with Gasteiger partial charge in [0, 0.05) is 32.0 Å². The second-order valence-electron chi connectivity index (χ2n) is 4.55. The molecule has 0 bridgehead atoms. The fourth-order valence-corrected chi connectivity index (χ4v) is 2.48. The van der Waals surface area contributed by atoms with E-state index < -0.39 is 0 Å². The molecule has 19 heavy (non-hydrogen) atoms. The van der Waals surface area contributed by atoms with Crippen LogP contribution in [0.25, 0.3) is 0 Å². The molecule has 0 fully saturated rings. The zero-order valence-electron chi connectivity index (χ0n) is 11.3. The van der Waals surface area contributed by atoms with Crippen molar-refractivity contribution < 1.29 is 4.79 Å². The van der Waals surface area contributed by atoms with Gasteiger partial charge in [-0.15, -0.1) is 0 Å². The van der Waals surface area contributed by atoms with Crippen LogP contribution in [0.5, 0.6) is 0 Å². The maximum atomic E-state index is 11.8. The highest BCUT2D eigenvalue weighted by Gasteiger charge is 2.11. The Labute approximate surface area is 117 Å². The quantitative estimate of drug-likeness (QED) is 0.933. The van der Waals surface area contributed by atoms with Gasteiger partial charge >= 0.3 is 0 Å². The summed E-state index contributed by atoms with van der Waals surface area (Å²) < 4.78 is 0. The molecule has 0 saturated heterocycles. The summed E-state index contributed by atoms with van der Waals surface area (Å²) >= 11 is 1.68. The van der Waals surface area contributed by atoms with Crippen LogP contribution >= 0.6 is 11.3 Å². The predicted octanol–water partition coefficient (Wildman–Crippen LogP) is 3.02.